The molecule has 0 fully saturated rings. The summed E-state index contributed by atoms with van der Waals surface area (Å²) in [5.74, 6) is -0.289. The summed E-state index contributed by atoms with van der Waals surface area (Å²) in [7, 11) is 0. The van der Waals surface area contributed by atoms with Crippen molar-refractivity contribution in [3.63, 3.8) is 0 Å². The lowest BCUT2D eigenvalue weighted by molar-refractivity contribution is -0.145. The molecule has 19 heavy (non-hydrogen) atoms. The van der Waals surface area contributed by atoms with Crippen molar-refractivity contribution in [2.75, 3.05) is 0 Å². The third kappa shape index (κ3) is 3.72. The molecule has 5 heteroatoms. The van der Waals surface area contributed by atoms with Crippen LogP contribution in [0.5, 0.6) is 5.75 Å². The standard InChI is InChI=1S/C14H17F3O2/c1-4-13(3,5-2)12(18)19-11-8-6-10(7-9-11)14(15,16)17/h6-9H,4-5H2,1-3H3. The van der Waals surface area contributed by atoms with Gasteiger partial charge in [-0.05, 0) is 44.0 Å². The number of alkyl halides is 3. The van der Waals surface area contributed by atoms with Crippen LogP contribution >= 0.6 is 0 Å². The molecule has 0 unspecified atom stereocenters. The monoisotopic (exact) mass is 274 g/mol. The molecule has 0 N–H and O–H groups in total. The molecule has 106 valence electrons. The molecular formula is C14H17F3O2. The molecule has 0 saturated carbocycles. The Hall–Kier alpha value is -1.52. The Bertz CT molecular complexity index is 431. The summed E-state index contributed by atoms with van der Waals surface area (Å²) in [6.45, 7) is 5.52. The minimum Gasteiger partial charge on any atom is -0.426 e. The maximum Gasteiger partial charge on any atom is 0.416 e. The molecule has 0 aliphatic heterocycles. The normalized spacial score (nSPS) is 12.3. The zero-order chi connectivity index (χ0) is 14.7. The number of halogens is 3. The van der Waals surface area contributed by atoms with E-state index in [1.807, 2.05) is 13.8 Å². The number of benzene rings is 1. The van der Waals surface area contributed by atoms with E-state index in [1.165, 1.54) is 0 Å². The van der Waals surface area contributed by atoms with E-state index >= 15 is 0 Å². The van der Waals surface area contributed by atoms with Gasteiger partial charge in [-0.25, -0.2) is 0 Å². The fourth-order valence-corrected chi connectivity index (χ4v) is 1.48. The van der Waals surface area contributed by atoms with Crippen LogP contribution in [0.3, 0.4) is 0 Å². The van der Waals surface area contributed by atoms with E-state index < -0.39 is 23.1 Å². The quantitative estimate of drug-likeness (QED) is 0.599. The van der Waals surface area contributed by atoms with Gasteiger partial charge < -0.3 is 4.74 Å². The molecule has 1 rings (SSSR count). The van der Waals surface area contributed by atoms with Crippen LogP contribution < -0.4 is 4.74 Å². The summed E-state index contributed by atoms with van der Waals surface area (Å²) in [6.07, 6.45) is -3.16. The Labute approximate surface area is 110 Å². The van der Waals surface area contributed by atoms with E-state index in [0.29, 0.717) is 12.8 Å². The van der Waals surface area contributed by atoms with Gasteiger partial charge in [0.15, 0.2) is 0 Å². The van der Waals surface area contributed by atoms with Gasteiger partial charge in [-0.15, -0.1) is 0 Å². The van der Waals surface area contributed by atoms with Crippen molar-refractivity contribution in [2.45, 2.75) is 39.8 Å². The Balaban J connectivity index is 2.82. The highest BCUT2D eigenvalue weighted by Gasteiger charge is 2.32. The average molecular weight is 274 g/mol. The summed E-state index contributed by atoms with van der Waals surface area (Å²) < 4.78 is 42.2. The SMILES string of the molecule is CCC(C)(CC)C(=O)Oc1ccc(C(F)(F)F)cc1. The molecule has 0 amide bonds. The van der Waals surface area contributed by atoms with E-state index in [-0.39, 0.29) is 5.75 Å². The summed E-state index contributed by atoms with van der Waals surface area (Å²) >= 11 is 0. The number of carbonyl (C=O) groups is 1. The summed E-state index contributed by atoms with van der Waals surface area (Å²) in [6, 6.07) is 4.12. The molecule has 0 aromatic heterocycles. The highest BCUT2D eigenvalue weighted by molar-refractivity contribution is 5.78. The van der Waals surface area contributed by atoms with Gasteiger partial charge >= 0.3 is 12.1 Å². The van der Waals surface area contributed by atoms with Crippen molar-refractivity contribution in [1.82, 2.24) is 0 Å². The third-order valence-corrected chi connectivity index (χ3v) is 3.45. The molecule has 0 aliphatic rings. The Morgan fingerprint density at radius 1 is 1.11 bits per heavy atom. The Kier molecular flexibility index (Phi) is 4.61. The second kappa shape index (κ2) is 5.63. The molecule has 2 nitrogen and oxygen atoms in total. The number of hydrogen-bond donors (Lipinski definition) is 0. The van der Waals surface area contributed by atoms with Crippen molar-refractivity contribution < 1.29 is 22.7 Å². The number of ether oxygens (including phenoxy) is 1. The third-order valence-electron chi connectivity index (χ3n) is 3.45. The van der Waals surface area contributed by atoms with Crippen LogP contribution in [0.4, 0.5) is 13.2 Å². The van der Waals surface area contributed by atoms with Crippen LogP contribution in [0.1, 0.15) is 39.2 Å². The van der Waals surface area contributed by atoms with E-state index in [2.05, 4.69) is 0 Å². The number of carbonyl (C=O) groups excluding carboxylic acids is 1. The van der Waals surface area contributed by atoms with Crippen LogP contribution in [-0.2, 0) is 11.0 Å². The van der Waals surface area contributed by atoms with Crippen molar-refractivity contribution in [2.24, 2.45) is 5.41 Å². The van der Waals surface area contributed by atoms with Gasteiger partial charge in [-0.1, -0.05) is 13.8 Å². The van der Waals surface area contributed by atoms with Crippen LogP contribution in [0.15, 0.2) is 24.3 Å². The fourth-order valence-electron chi connectivity index (χ4n) is 1.48. The van der Waals surface area contributed by atoms with Gasteiger partial charge in [0.25, 0.3) is 0 Å². The lowest BCUT2D eigenvalue weighted by atomic mass is 9.85. The maximum absolute atomic E-state index is 12.4. The first-order valence-corrected chi connectivity index (χ1v) is 6.12. The second-order valence-electron chi connectivity index (χ2n) is 4.68. The van der Waals surface area contributed by atoms with Crippen LogP contribution in [-0.4, -0.2) is 5.97 Å². The van der Waals surface area contributed by atoms with Crippen molar-refractivity contribution >= 4 is 5.97 Å². The predicted molar refractivity (Wildman–Crippen MR) is 65.8 cm³/mol. The molecule has 1 aromatic rings. The smallest absolute Gasteiger partial charge is 0.416 e. The van der Waals surface area contributed by atoms with E-state index in [0.717, 1.165) is 24.3 Å². The lowest BCUT2D eigenvalue weighted by Crippen LogP contribution is -2.30. The van der Waals surface area contributed by atoms with E-state index in [9.17, 15) is 18.0 Å². The molecule has 0 spiro atoms. The predicted octanol–water partition coefficient (Wildman–Crippen LogP) is 4.44. The largest absolute Gasteiger partial charge is 0.426 e. The number of rotatable bonds is 4. The second-order valence-corrected chi connectivity index (χ2v) is 4.68. The maximum atomic E-state index is 12.4. The highest BCUT2D eigenvalue weighted by atomic mass is 19.4. The van der Waals surface area contributed by atoms with Gasteiger partial charge in [0.05, 0.1) is 11.0 Å². The lowest BCUT2D eigenvalue weighted by Gasteiger charge is -2.23. The van der Waals surface area contributed by atoms with Crippen LogP contribution in [0.2, 0.25) is 0 Å². The summed E-state index contributed by atoms with van der Waals surface area (Å²) in [4.78, 5) is 11.9. The Morgan fingerprint density at radius 3 is 1.95 bits per heavy atom. The van der Waals surface area contributed by atoms with Crippen LogP contribution in [0.25, 0.3) is 0 Å². The first kappa shape index (κ1) is 15.5. The van der Waals surface area contributed by atoms with Gasteiger partial charge in [0, 0.05) is 0 Å². The molecule has 0 radical (unpaired) electrons. The zero-order valence-corrected chi connectivity index (χ0v) is 11.2. The average Bonchev–Trinajstić information content (AvgIpc) is 2.37. The topological polar surface area (TPSA) is 26.3 Å². The van der Waals surface area contributed by atoms with E-state index in [4.69, 9.17) is 4.74 Å². The highest BCUT2D eigenvalue weighted by Crippen LogP contribution is 2.31. The van der Waals surface area contributed by atoms with Crippen molar-refractivity contribution in [3.05, 3.63) is 29.8 Å². The number of esters is 1. The van der Waals surface area contributed by atoms with Crippen molar-refractivity contribution in [1.29, 1.82) is 0 Å². The number of hydrogen-bond acceptors (Lipinski definition) is 2. The first-order valence-electron chi connectivity index (χ1n) is 6.12. The van der Waals surface area contributed by atoms with Gasteiger partial charge in [-0.3, -0.25) is 4.79 Å². The minimum absolute atomic E-state index is 0.131. The minimum atomic E-state index is -4.39. The van der Waals surface area contributed by atoms with Gasteiger partial charge in [0.2, 0.25) is 0 Å². The first-order chi connectivity index (χ1) is 8.73. The van der Waals surface area contributed by atoms with Crippen LogP contribution in [0, 0.1) is 5.41 Å². The fraction of sp³-hybridized carbons (Fsp3) is 0.500. The molecule has 0 bridgehead atoms. The summed E-state index contributed by atoms with van der Waals surface area (Å²) in [5.41, 5.74) is -1.37. The summed E-state index contributed by atoms with van der Waals surface area (Å²) in [5, 5.41) is 0. The molecule has 0 saturated heterocycles. The zero-order valence-electron chi connectivity index (χ0n) is 11.2. The molecule has 0 aliphatic carbocycles. The molecule has 1 aromatic carbocycles. The molecule has 0 heterocycles. The molecule has 0 atom stereocenters. The Morgan fingerprint density at radius 2 is 1.58 bits per heavy atom. The molecular weight excluding hydrogens is 257 g/mol. The van der Waals surface area contributed by atoms with Gasteiger partial charge in [-0.2, -0.15) is 13.2 Å². The van der Waals surface area contributed by atoms with Gasteiger partial charge in [0.1, 0.15) is 5.75 Å². The van der Waals surface area contributed by atoms with E-state index in [1.54, 1.807) is 6.92 Å². The van der Waals surface area contributed by atoms with Crippen molar-refractivity contribution in [3.8, 4) is 5.75 Å².